The van der Waals surface area contributed by atoms with Crippen LogP contribution in [0.1, 0.15) is 5.56 Å². The van der Waals surface area contributed by atoms with Crippen molar-refractivity contribution in [1.82, 2.24) is 5.32 Å². The van der Waals surface area contributed by atoms with E-state index in [9.17, 15) is 0 Å². The number of nitrogens with one attached hydrogen (secondary N) is 1. The van der Waals surface area contributed by atoms with Gasteiger partial charge in [0.1, 0.15) is 25.6 Å². The molecule has 3 rings (SSSR count). The van der Waals surface area contributed by atoms with Gasteiger partial charge in [-0.1, -0.05) is 0 Å². The minimum atomic E-state index is 0.573. The standard InChI is InChI=1S/C12H13NO3/c1-13-8-6-9-10(16-7-8)2-3-11-12(9)15-5-4-14-11/h2-3,6,13H,4-5,7H2,1H3. The molecule has 0 radical (unpaired) electrons. The summed E-state index contributed by atoms with van der Waals surface area (Å²) in [5.41, 5.74) is 2.00. The number of ether oxygens (including phenoxy) is 3. The lowest BCUT2D eigenvalue weighted by Crippen LogP contribution is -2.20. The van der Waals surface area contributed by atoms with E-state index >= 15 is 0 Å². The summed E-state index contributed by atoms with van der Waals surface area (Å²) in [5.74, 6) is 2.43. The van der Waals surface area contributed by atoms with E-state index in [-0.39, 0.29) is 0 Å². The Labute approximate surface area is 93.8 Å². The minimum absolute atomic E-state index is 0.573. The van der Waals surface area contributed by atoms with Crippen molar-refractivity contribution in [3.05, 3.63) is 23.4 Å². The van der Waals surface area contributed by atoms with Gasteiger partial charge in [0.2, 0.25) is 0 Å². The van der Waals surface area contributed by atoms with Crippen molar-refractivity contribution in [3.63, 3.8) is 0 Å². The smallest absolute Gasteiger partial charge is 0.172 e. The van der Waals surface area contributed by atoms with E-state index in [1.807, 2.05) is 25.3 Å². The Hall–Kier alpha value is -1.84. The van der Waals surface area contributed by atoms with Gasteiger partial charge in [-0.3, -0.25) is 0 Å². The molecule has 0 atom stereocenters. The lowest BCUT2D eigenvalue weighted by atomic mass is 10.1. The van der Waals surface area contributed by atoms with Crippen molar-refractivity contribution in [3.8, 4) is 17.2 Å². The molecule has 16 heavy (non-hydrogen) atoms. The highest BCUT2D eigenvalue weighted by molar-refractivity contribution is 5.71. The predicted octanol–water partition coefficient (Wildman–Crippen LogP) is 1.41. The molecule has 0 saturated carbocycles. The van der Waals surface area contributed by atoms with E-state index in [2.05, 4.69) is 5.32 Å². The first-order chi connectivity index (χ1) is 7.88. The molecule has 4 heteroatoms. The summed E-state index contributed by atoms with van der Waals surface area (Å²) in [6, 6.07) is 3.82. The molecule has 0 fully saturated rings. The molecule has 0 aliphatic carbocycles. The topological polar surface area (TPSA) is 39.7 Å². The van der Waals surface area contributed by atoms with Crippen LogP contribution in [0.25, 0.3) is 6.08 Å². The molecule has 0 spiro atoms. The van der Waals surface area contributed by atoms with Crippen molar-refractivity contribution < 1.29 is 14.2 Å². The molecule has 2 aliphatic rings. The van der Waals surface area contributed by atoms with Crippen molar-refractivity contribution >= 4 is 6.08 Å². The summed E-state index contributed by atoms with van der Waals surface area (Å²) in [5, 5.41) is 3.09. The van der Waals surface area contributed by atoms with Crippen molar-refractivity contribution in [2.45, 2.75) is 0 Å². The SMILES string of the molecule is CNC1=Cc2c(ccc3c2OCCO3)OC1. The van der Waals surface area contributed by atoms with Crippen LogP contribution in [0.15, 0.2) is 17.8 Å². The number of benzene rings is 1. The first-order valence-electron chi connectivity index (χ1n) is 5.32. The molecule has 0 bridgehead atoms. The van der Waals surface area contributed by atoms with Crippen molar-refractivity contribution in [2.75, 3.05) is 26.9 Å². The fraction of sp³-hybridized carbons (Fsp3) is 0.333. The van der Waals surface area contributed by atoms with Gasteiger partial charge in [0.15, 0.2) is 11.5 Å². The second-order valence-electron chi connectivity index (χ2n) is 3.71. The van der Waals surface area contributed by atoms with Gasteiger partial charge in [-0.25, -0.2) is 0 Å². The zero-order valence-corrected chi connectivity index (χ0v) is 9.08. The van der Waals surface area contributed by atoms with Gasteiger partial charge in [-0.2, -0.15) is 0 Å². The number of hydrogen-bond acceptors (Lipinski definition) is 4. The van der Waals surface area contributed by atoms with E-state index in [0.717, 1.165) is 28.5 Å². The maximum Gasteiger partial charge on any atom is 0.172 e. The Balaban J connectivity index is 2.12. The summed E-state index contributed by atoms with van der Waals surface area (Å²) in [6.45, 7) is 1.77. The number of fused-ring (bicyclic) bond motifs is 3. The van der Waals surface area contributed by atoms with Crippen LogP contribution in [-0.2, 0) is 0 Å². The van der Waals surface area contributed by atoms with Crippen LogP contribution in [-0.4, -0.2) is 26.9 Å². The third-order valence-corrected chi connectivity index (χ3v) is 2.73. The third kappa shape index (κ3) is 1.38. The number of rotatable bonds is 1. The maximum absolute atomic E-state index is 5.64. The van der Waals surface area contributed by atoms with Gasteiger partial charge in [0, 0.05) is 12.7 Å². The van der Waals surface area contributed by atoms with Crippen LogP contribution in [0.4, 0.5) is 0 Å². The number of hydrogen-bond donors (Lipinski definition) is 1. The Morgan fingerprint density at radius 2 is 1.88 bits per heavy atom. The van der Waals surface area contributed by atoms with Crippen LogP contribution in [0.2, 0.25) is 0 Å². The zero-order valence-electron chi connectivity index (χ0n) is 9.08. The molecular weight excluding hydrogens is 206 g/mol. The quantitative estimate of drug-likeness (QED) is 0.775. The summed E-state index contributed by atoms with van der Waals surface area (Å²) < 4.78 is 16.8. The van der Waals surface area contributed by atoms with Gasteiger partial charge < -0.3 is 19.5 Å². The van der Waals surface area contributed by atoms with Gasteiger partial charge >= 0.3 is 0 Å². The Morgan fingerprint density at radius 1 is 1.06 bits per heavy atom. The molecule has 4 nitrogen and oxygen atoms in total. The van der Waals surface area contributed by atoms with Crippen LogP contribution >= 0.6 is 0 Å². The van der Waals surface area contributed by atoms with Gasteiger partial charge in [-0.05, 0) is 18.2 Å². The second-order valence-corrected chi connectivity index (χ2v) is 3.71. The summed E-state index contributed by atoms with van der Waals surface area (Å²) in [4.78, 5) is 0. The average molecular weight is 219 g/mol. The van der Waals surface area contributed by atoms with Gasteiger partial charge in [0.05, 0.1) is 5.56 Å². The fourth-order valence-corrected chi connectivity index (χ4v) is 1.90. The molecule has 1 aromatic carbocycles. The molecule has 0 saturated heterocycles. The first kappa shape index (κ1) is 9.39. The van der Waals surface area contributed by atoms with Crippen molar-refractivity contribution in [2.24, 2.45) is 0 Å². The lowest BCUT2D eigenvalue weighted by molar-refractivity contribution is 0.170. The van der Waals surface area contributed by atoms with Gasteiger partial charge in [-0.15, -0.1) is 0 Å². The average Bonchev–Trinajstić information content (AvgIpc) is 2.38. The summed E-state index contributed by atoms with van der Waals surface area (Å²) >= 11 is 0. The van der Waals surface area contributed by atoms with Crippen molar-refractivity contribution in [1.29, 1.82) is 0 Å². The predicted molar refractivity (Wildman–Crippen MR) is 60.0 cm³/mol. The minimum Gasteiger partial charge on any atom is -0.487 e. The Morgan fingerprint density at radius 3 is 2.75 bits per heavy atom. The molecule has 84 valence electrons. The molecular formula is C12H13NO3. The van der Waals surface area contributed by atoms with E-state index in [1.54, 1.807) is 0 Å². The summed E-state index contributed by atoms with van der Waals surface area (Å²) in [6.07, 6.45) is 2.05. The van der Waals surface area contributed by atoms with Crippen LogP contribution in [0.3, 0.4) is 0 Å². The van der Waals surface area contributed by atoms with Gasteiger partial charge in [0.25, 0.3) is 0 Å². The van der Waals surface area contributed by atoms with E-state index in [4.69, 9.17) is 14.2 Å². The van der Waals surface area contributed by atoms with Crippen LogP contribution in [0.5, 0.6) is 17.2 Å². The van der Waals surface area contributed by atoms with E-state index in [1.165, 1.54) is 0 Å². The highest BCUT2D eigenvalue weighted by Gasteiger charge is 2.21. The lowest BCUT2D eigenvalue weighted by Gasteiger charge is -2.24. The molecule has 2 aliphatic heterocycles. The number of likely N-dealkylation sites (N-methyl/N-ethyl adjacent to an activating group) is 1. The maximum atomic E-state index is 5.64. The first-order valence-corrected chi connectivity index (χ1v) is 5.32. The molecule has 0 unspecified atom stereocenters. The third-order valence-electron chi connectivity index (χ3n) is 2.73. The largest absolute Gasteiger partial charge is 0.487 e. The van der Waals surface area contributed by atoms with E-state index in [0.29, 0.717) is 19.8 Å². The molecule has 1 aromatic rings. The van der Waals surface area contributed by atoms with E-state index < -0.39 is 0 Å². The Kier molecular flexibility index (Phi) is 2.13. The monoisotopic (exact) mass is 219 g/mol. The van der Waals surface area contributed by atoms with Crippen LogP contribution in [0, 0.1) is 0 Å². The normalized spacial score (nSPS) is 16.9. The zero-order chi connectivity index (χ0) is 11.0. The highest BCUT2D eigenvalue weighted by atomic mass is 16.6. The second kappa shape index (κ2) is 3.63. The molecule has 0 aromatic heterocycles. The molecule has 0 amide bonds. The molecule has 1 N–H and O–H groups in total. The van der Waals surface area contributed by atoms with Crippen LogP contribution < -0.4 is 19.5 Å². The fourth-order valence-electron chi connectivity index (χ4n) is 1.90. The highest BCUT2D eigenvalue weighted by Crippen LogP contribution is 2.41. The summed E-state index contributed by atoms with van der Waals surface area (Å²) in [7, 11) is 1.88. The molecule has 2 heterocycles. The Bertz CT molecular complexity index is 454.